The zero-order chi connectivity index (χ0) is 18.0. The molecule has 1 atom stereocenters. The summed E-state index contributed by atoms with van der Waals surface area (Å²) in [4.78, 5) is 26.1. The number of hydrogen-bond donors (Lipinski definition) is 2. The van der Waals surface area contributed by atoms with E-state index in [9.17, 15) is 23.5 Å². The van der Waals surface area contributed by atoms with Gasteiger partial charge < -0.3 is 15.3 Å². The van der Waals surface area contributed by atoms with Crippen molar-refractivity contribution in [2.75, 3.05) is 11.4 Å². The fraction of sp³-hybridized carbons (Fsp3) is 0.222. The van der Waals surface area contributed by atoms with E-state index >= 15 is 0 Å². The summed E-state index contributed by atoms with van der Waals surface area (Å²) in [5, 5.41) is 11.7. The minimum absolute atomic E-state index is 0.155. The van der Waals surface area contributed by atoms with Crippen molar-refractivity contribution >= 4 is 17.5 Å². The predicted octanol–water partition coefficient (Wildman–Crippen LogP) is 2.60. The van der Waals surface area contributed by atoms with Crippen molar-refractivity contribution in [2.24, 2.45) is 0 Å². The zero-order valence-corrected chi connectivity index (χ0v) is 13.2. The molecule has 1 saturated heterocycles. The van der Waals surface area contributed by atoms with Crippen LogP contribution in [-0.4, -0.2) is 29.5 Å². The second kappa shape index (κ2) is 6.88. The van der Waals surface area contributed by atoms with Crippen LogP contribution in [0.2, 0.25) is 0 Å². The summed E-state index contributed by atoms with van der Waals surface area (Å²) >= 11 is 0. The number of phenolic OH excluding ortho intramolecular Hbond substituents is 1. The highest BCUT2D eigenvalue weighted by Gasteiger charge is 2.32. The fourth-order valence-corrected chi connectivity index (χ4v) is 2.84. The Labute approximate surface area is 142 Å². The molecule has 0 aromatic heterocycles. The molecule has 1 aliphatic heterocycles. The van der Waals surface area contributed by atoms with Gasteiger partial charge in [-0.15, -0.1) is 0 Å². The fourth-order valence-electron chi connectivity index (χ4n) is 2.84. The number of rotatable bonds is 3. The maximum atomic E-state index is 13.9. The van der Waals surface area contributed by atoms with Crippen molar-refractivity contribution in [1.29, 1.82) is 0 Å². The van der Waals surface area contributed by atoms with Crippen LogP contribution in [0.25, 0.3) is 0 Å². The Bertz CT molecular complexity index is 826. The number of aromatic hydroxyl groups is 1. The van der Waals surface area contributed by atoms with E-state index in [-0.39, 0.29) is 17.0 Å². The van der Waals surface area contributed by atoms with E-state index in [0.29, 0.717) is 19.4 Å². The maximum absolute atomic E-state index is 13.9. The molecule has 0 unspecified atom stereocenters. The molecule has 7 heteroatoms. The normalized spacial score (nSPS) is 17.4. The van der Waals surface area contributed by atoms with Gasteiger partial charge in [-0.25, -0.2) is 8.78 Å². The van der Waals surface area contributed by atoms with Crippen LogP contribution < -0.4 is 10.2 Å². The zero-order valence-electron chi connectivity index (χ0n) is 13.2. The van der Waals surface area contributed by atoms with Gasteiger partial charge in [-0.2, -0.15) is 0 Å². The second-order valence-electron chi connectivity index (χ2n) is 5.77. The Balaban J connectivity index is 1.77. The van der Waals surface area contributed by atoms with Gasteiger partial charge >= 0.3 is 0 Å². The lowest BCUT2D eigenvalue weighted by Gasteiger charge is -2.32. The third-order valence-electron chi connectivity index (χ3n) is 4.08. The van der Waals surface area contributed by atoms with Crippen LogP contribution in [0.3, 0.4) is 0 Å². The lowest BCUT2D eigenvalue weighted by Crippen LogP contribution is -2.52. The molecule has 25 heavy (non-hydrogen) atoms. The Morgan fingerprint density at radius 1 is 1.16 bits per heavy atom. The quantitative estimate of drug-likeness (QED) is 0.898. The summed E-state index contributed by atoms with van der Waals surface area (Å²) in [6, 6.07) is 8.19. The summed E-state index contributed by atoms with van der Waals surface area (Å²) in [6.45, 7) is 0.347. The third kappa shape index (κ3) is 3.45. The molecular weight excluding hydrogens is 330 g/mol. The molecule has 2 N–H and O–H groups in total. The van der Waals surface area contributed by atoms with Crippen LogP contribution in [0.1, 0.15) is 23.2 Å². The van der Waals surface area contributed by atoms with Gasteiger partial charge in [-0.05, 0) is 37.1 Å². The molecule has 1 heterocycles. The molecule has 2 aromatic rings. The van der Waals surface area contributed by atoms with E-state index in [4.69, 9.17) is 0 Å². The number of amides is 2. The minimum Gasteiger partial charge on any atom is -0.508 e. The van der Waals surface area contributed by atoms with Crippen LogP contribution in [-0.2, 0) is 4.79 Å². The molecule has 1 aliphatic rings. The van der Waals surface area contributed by atoms with Gasteiger partial charge in [0.05, 0.1) is 11.3 Å². The van der Waals surface area contributed by atoms with Crippen LogP contribution in [0, 0.1) is 11.6 Å². The van der Waals surface area contributed by atoms with Crippen molar-refractivity contribution in [3.63, 3.8) is 0 Å². The van der Waals surface area contributed by atoms with Crippen molar-refractivity contribution in [2.45, 2.75) is 18.9 Å². The van der Waals surface area contributed by atoms with Crippen molar-refractivity contribution in [3.05, 3.63) is 59.7 Å². The summed E-state index contributed by atoms with van der Waals surface area (Å²) in [5.74, 6) is -2.90. The van der Waals surface area contributed by atoms with Gasteiger partial charge in [0.25, 0.3) is 5.91 Å². The van der Waals surface area contributed by atoms with Crippen molar-refractivity contribution in [3.8, 4) is 5.75 Å². The van der Waals surface area contributed by atoms with Crippen LogP contribution in [0.15, 0.2) is 42.5 Å². The molecule has 0 saturated carbocycles. The lowest BCUT2D eigenvalue weighted by molar-refractivity contribution is -0.121. The van der Waals surface area contributed by atoms with E-state index in [1.807, 2.05) is 0 Å². The second-order valence-corrected chi connectivity index (χ2v) is 5.77. The first-order valence-corrected chi connectivity index (χ1v) is 7.82. The first kappa shape index (κ1) is 16.9. The summed E-state index contributed by atoms with van der Waals surface area (Å²) < 4.78 is 27.7. The van der Waals surface area contributed by atoms with Gasteiger partial charge in [0.1, 0.15) is 23.4 Å². The molecule has 2 amide bonds. The minimum atomic E-state index is -0.883. The molecular formula is C18H16F2N2O3. The Morgan fingerprint density at radius 3 is 2.64 bits per heavy atom. The number of carbonyl (C=O) groups excluding carboxylic acids is 2. The maximum Gasteiger partial charge on any atom is 0.254 e. The van der Waals surface area contributed by atoms with Gasteiger partial charge in [-0.1, -0.05) is 12.1 Å². The number of para-hydroxylation sites is 1. The SMILES string of the molecule is O=C(N[C@H]1CCCN(c2ccccc2F)C1=O)c1ccc(O)cc1F. The Hall–Kier alpha value is -2.96. The van der Waals surface area contributed by atoms with Crippen LogP contribution in [0.4, 0.5) is 14.5 Å². The van der Waals surface area contributed by atoms with E-state index in [1.54, 1.807) is 6.07 Å². The van der Waals surface area contributed by atoms with Gasteiger partial charge in [-0.3, -0.25) is 9.59 Å². The highest BCUT2D eigenvalue weighted by molar-refractivity contribution is 6.03. The lowest BCUT2D eigenvalue weighted by atomic mass is 10.0. The molecule has 1 fully saturated rings. The van der Waals surface area contributed by atoms with Crippen LogP contribution >= 0.6 is 0 Å². The molecule has 0 spiro atoms. The molecule has 130 valence electrons. The third-order valence-corrected chi connectivity index (χ3v) is 4.08. The number of benzene rings is 2. The number of anilines is 1. The summed E-state index contributed by atoms with van der Waals surface area (Å²) in [7, 11) is 0. The number of halogens is 2. The standard InChI is InChI=1S/C18H16F2N2O3/c19-13-4-1-2-6-16(13)22-9-3-5-15(18(22)25)21-17(24)12-8-7-11(23)10-14(12)20/h1-2,4,6-8,10,15,23H,3,5,9H2,(H,21,24)/t15-/m0/s1. The molecule has 0 radical (unpaired) electrons. The van der Waals surface area contributed by atoms with E-state index in [2.05, 4.69) is 5.32 Å². The molecule has 0 aliphatic carbocycles. The number of nitrogens with zero attached hydrogens (tertiary/aromatic N) is 1. The highest BCUT2D eigenvalue weighted by atomic mass is 19.1. The summed E-state index contributed by atoms with van der Waals surface area (Å²) in [5.41, 5.74) is -0.115. The van der Waals surface area contributed by atoms with E-state index in [0.717, 1.165) is 12.1 Å². The van der Waals surface area contributed by atoms with Crippen molar-refractivity contribution < 1.29 is 23.5 Å². The highest BCUT2D eigenvalue weighted by Crippen LogP contribution is 2.24. The number of hydrogen-bond acceptors (Lipinski definition) is 3. The topological polar surface area (TPSA) is 69.6 Å². The average molecular weight is 346 g/mol. The molecule has 2 aromatic carbocycles. The number of piperidine rings is 1. The monoisotopic (exact) mass is 346 g/mol. The molecule has 3 rings (SSSR count). The van der Waals surface area contributed by atoms with Gasteiger partial charge in [0.15, 0.2) is 0 Å². The van der Waals surface area contributed by atoms with Crippen LogP contribution in [0.5, 0.6) is 5.75 Å². The predicted molar refractivity (Wildman–Crippen MR) is 87.3 cm³/mol. The number of nitrogens with one attached hydrogen (secondary N) is 1. The van der Waals surface area contributed by atoms with Gasteiger partial charge in [0, 0.05) is 12.6 Å². The molecule has 5 nitrogen and oxygen atoms in total. The van der Waals surface area contributed by atoms with Crippen molar-refractivity contribution in [1.82, 2.24) is 5.32 Å². The first-order valence-electron chi connectivity index (χ1n) is 7.82. The van der Waals surface area contributed by atoms with E-state index < -0.39 is 29.5 Å². The number of phenols is 1. The van der Waals surface area contributed by atoms with Gasteiger partial charge in [0.2, 0.25) is 5.91 Å². The number of carbonyl (C=O) groups is 2. The largest absolute Gasteiger partial charge is 0.508 e. The average Bonchev–Trinajstić information content (AvgIpc) is 2.57. The Morgan fingerprint density at radius 2 is 1.92 bits per heavy atom. The molecule has 0 bridgehead atoms. The first-order chi connectivity index (χ1) is 12.0. The smallest absolute Gasteiger partial charge is 0.254 e. The Kier molecular flexibility index (Phi) is 4.65. The summed E-state index contributed by atoms with van der Waals surface area (Å²) in [6.07, 6.45) is 0.957. The van der Waals surface area contributed by atoms with E-state index in [1.165, 1.54) is 29.2 Å².